The Morgan fingerprint density at radius 1 is 1.04 bits per heavy atom. The van der Waals surface area contributed by atoms with E-state index >= 15 is 8.78 Å². The number of carbonyl (C=O) groups is 2. The first-order valence-corrected chi connectivity index (χ1v) is 17.0. The summed E-state index contributed by atoms with van der Waals surface area (Å²) >= 11 is 7.38. The Bertz CT molecular complexity index is 1830. The SMILES string of the molecule is COc1cc(C(C)(C)c2cnc(SCc3c(F)cc(C(=O)N4CCC(CN(C)C)(C(=O)O)CC4)cc3F)n2-c2ccc(F)cc2)ccc1Cl. The summed E-state index contributed by atoms with van der Waals surface area (Å²) < 4.78 is 52.2. The predicted octanol–water partition coefficient (Wildman–Crippen LogP) is 7.44. The number of hydrogen-bond donors (Lipinski definition) is 1. The highest BCUT2D eigenvalue weighted by atomic mass is 35.5. The molecule has 1 fully saturated rings. The molecular formula is C36H38ClF3N4O4S. The molecule has 260 valence electrons. The quantitative estimate of drug-likeness (QED) is 0.162. The van der Waals surface area contributed by atoms with Crippen molar-refractivity contribution in [3.05, 3.63) is 106 Å². The molecule has 1 aliphatic rings. The van der Waals surface area contributed by atoms with Crippen molar-refractivity contribution in [2.24, 2.45) is 5.41 Å². The lowest BCUT2D eigenvalue weighted by Gasteiger charge is -2.40. The third-order valence-electron chi connectivity index (χ3n) is 9.14. The Kier molecular flexibility index (Phi) is 10.7. The molecule has 0 unspecified atom stereocenters. The smallest absolute Gasteiger partial charge is 0.311 e. The molecule has 0 saturated carbocycles. The van der Waals surface area contributed by atoms with Crippen molar-refractivity contribution in [2.75, 3.05) is 40.8 Å². The topological polar surface area (TPSA) is 87.9 Å². The number of aromatic nitrogens is 2. The average molecular weight is 715 g/mol. The predicted molar refractivity (Wildman–Crippen MR) is 183 cm³/mol. The van der Waals surface area contributed by atoms with E-state index in [-0.39, 0.29) is 42.8 Å². The first-order valence-electron chi connectivity index (χ1n) is 15.6. The van der Waals surface area contributed by atoms with Crippen LogP contribution in [0, 0.1) is 22.9 Å². The summed E-state index contributed by atoms with van der Waals surface area (Å²) in [6.07, 6.45) is 2.14. The van der Waals surface area contributed by atoms with Crippen molar-refractivity contribution in [3.63, 3.8) is 0 Å². The Hall–Kier alpha value is -4.00. The number of thioether (sulfide) groups is 1. The second-order valence-electron chi connectivity index (χ2n) is 13.0. The monoisotopic (exact) mass is 714 g/mol. The number of carbonyl (C=O) groups excluding carboxylic acids is 1. The molecule has 0 bridgehead atoms. The molecule has 3 aromatic carbocycles. The minimum Gasteiger partial charge on any atom is -0.495 e. The highest BCUT2D eigenvalue weighted by Crippen LogP contribution is 2.40. The minimum atomic E-state index is -0.992. The maximum absolute atomic E-state index is 15.5. The molecule has 2 heterocycles. The second-order valence-corrected chi connectivity index (χ2v) is 14.4. The molecule has 8 nitrogen and oxygen atoms in total. The van der Waals surface area contributed by atoms with Gasteiger partial charge in [0.25, 0.3) is 5.91 Å². The van der Waals surface area contributed by atoms with Gasteiger partial charge in [-0.25, -0.2) is 18.2 Å². The molecule has 1 aliphatic heterocycles. The molecule has 0 spiro atoms. The molecular weight excluding hydrogens is 677 g/mol. The number of aliphatic carboxylic acids is 1. The van der Waals surface area contributed by atoms with Crippen LogP contribution in [0.2, 0.25) is 5.02 Å². The van der Waals surface area contributed by atoms with E-state index in [2.05, 4.69) is 4.98 Å². The van der Waals surface area contributed by atoms with Gasteiger partial charge >= 0.3 is 5.97 Å². The number of halogens is 4. The maximum atomic E-state index is 15.5. The fraction of sp³-hybridized carbons (Fsp3) is 0.361. The van der Waals surface area contributed by atoms with Crippen LogP contribution in [0.15, 0.2) is 66.0 Å². The van der Waals surface area contributed by atoms with Crippen molar-refractivity contribution in [3.8, 4) is 11.4 Å². The zero-order valence-electron chi connectivity index (χ0n) is 27.9. The van der Waals surface area contributed by atoms with Gasteiger partial charge in [-0.2, -0.15) is 0 Å². The summed E-state index contributed by atoms with van der Waals surface area (Å²) in [6.45, 7) is 4.62. The van der Waals surface area contributed by atoms with Gasteiger partial charge in [0.15, 0.2) is 5.16 Å². The third-order valence-corrected chi connectivity index (χ3v) is 10.4. The van der Waals surface area contributed by atoms with Crippen molar-refractivity contribution >= 4 is 35.2 Å². The molecule has 1 N–H and O–H groups in total. The fourth-order valence-corrected chi connectivity index (χ4v) is 7.48. The van der Waals surface area contributed by atoms with Gasteiger partial charge in [0.1, 0.15) is 23.2 Å². The summed E-state index contributed by atoms with van der Waals surface area (Å²) in [5.74, 6) is -3.30. The summed E-state index contributed by atoms with van der Waals surface area (Å²) in [7, 11) is 5.12. The maximum Gasteiger partial charge on any atom is 0.311 e. The van der Waals surface area contributed by atoms with E-state index in [9.17, 15) is 19.1 Å². The molecule has 1 saturated heterocycles. The molecule has 0 radical (unpaired) electrons. The fourth-order valence-electron chi connectivity index (χ4n) is 6.28. The van der Waals surface area contributed by atoms with Crippen LogP contribution in [0.3, 0.4) is 0 Å². The van der Waals surface area contributed by atoms with Crippen LogP contribution in [0.1, 0.15) is 53.9 Å². The first-order chi connectivity index (χ1) is 23.2. The van der Waals surface area contributed by atoms with Crippen molar-refractivity contribution in [1.82, 2.24) is 19.4 Å². The average Bonchev–Trinajstić information content (AvgIpc) is 3.49. The van der Waals surface area contributed by atoms with Crippen molar-refractivity contribution in [1.29, 1.82) is 0 Å². The third kappa shape index (κ3) is 7.46. The van der Waals surface area contributed by atoms with Gasteiger partial charge in [-0.1, -0.05) is 43.3 Å². The lowest BCUT2D eigenvalue weighted by Crippen LogP contribution is -2.50. The molecule has 1 aromatic heterocycles. The number of piperidine rings is 1. The standard InChI is InChI=1S/C36H38ClF3N4O4S/c1-35(2,23-6-11-27(37)30(18-23)48-5)31-19-41-34(44(31)25-9-7-24(38)8-10-25)49-20-26-28(39)16-22(17-29(26)40)32(45)43-14-12-36(13-15-43,33(46)47)21-42(3)4/h6-11,16-19H,12-15,20-21H2,1-5H3,(H,46,47). The van der Waals surface area contributed by atoms with Gasteiger partial charge in [0.2, 0.25) is 0 Å². The molecule has 4 aromatic rings. The zero-order valence-corrected chi connectivity index (χ0v) is 29.5. The normalized spacial score (nSPS) is 14.7. The van der Waals surface area contributed by atoms with Gasteiger partial charge in [-0.3, -0.25) is 14.2 Å². The Morgan fingerprint density at radius 2 is 1.67 bits per heavy atom. The number of rotatable bonds is 11. The number of ether oxygens (including phenoxy) is 1. The Labute approximate surface area is 292 Å². The largest absolute Gasteiger partial charge is 0.495 e. The van der Waals surface area contributed by atoms with Crippen LogP contribution in [-0.4, -0.2) is 77.2 Å². The molecule has 5 rings (SSSR count). The van der Waals surface area contributed by atoms with E-state index in [4.69, 9.17) is 16.3 Å². The van der Waals surface area contributed by atoms with E-state index in [1.807, 2.05) is 30.5 Å². The van der Waals surface area contributed by atoms with E-state index < -0.39 is 40.2 Å². The van der Waals surface area contributed by atoms with Crippen molar-refractivity contribution in [2.45, 2.75) is 43.0 Å². The van der Waals surface area contributed by atoms with Crippen LogP contribution in [0.5, 0.6) is 5.75 Å². The van der Waals surface area contributed by atoms with E-state index in [1.165, 1.54) is 24.1 Å². The summed E-state index contributed by atoms with van der Waals surface area (Å²) in [6, 6.07) is 13.4. The van der Waals surface area contributed by atoms with Gasteiger partial charge < -0.3 is 19.6 Å². The van der Waals surface area contributed by atoms with E-state index in [0.717, 1.165) is 35.2 Å². The van der Waals surface area contributed by atoms with Crippen LogP contribution in [0.25, 0.3) is 5.69 Å². The number of carboxylic acids is 1. The van der Waals surface area contributed by atoms with Crippen LogP contribution in [0.4, 0.5) is 13.2 Å². The Morgan fingerprint density at radius 3 is 2.24 bits per heavy atom. The molecule has 13 heteroatoms. The number of likely N-dealkylation sites (tertiary alicyclic amines) is 1. The van der Waals surface area contributed by atoms with Crippen LogP contribution in [-0.2, 0) is 16.0 Å². The lowest BCUT2D eigenvalue weighted by atomic mass is 9.78. The summed E-state index contributed by atoms with van der Waals surface area (Å²) in [5.41, 5.74) is 0.169. The van der Waals surface area contributed by atoms with Crippen LogP contribution >= 0.6 is 23.4 Å². The summed E-state index contributed by atoms with van der Waals surface area (Å²) in [4.78, 5) is 33.2. The number of benzene rings is 3. The van der Waals surface area contributed by atoms with Gasteiger partial charge in [-0.15, -0.1) is 0 Å². The van der Waals surface area contributed by atoms with Gasteiger partial charge in [-0.05, 0) is 81.0 Å². The highest BCUT2D eigenvalue weighted by Gasteiger charge is 2.43. The number of carboxylic acid groups (broad SMARTS) is 1. The van der Waals surface area contributed by atoms with Crippen LogP contribution < -0.4 is 4.74 Å². The number of imidazole rings is 1. The lowest BCUT2D eigenvalue weighted by molar-refractivity contribution is -0.152. The second kappa shape index (κ2) is 14.5. The first kappa shape index (κ1) is 36.3. The molecule has 49 heavy (non-hydrogen) atoms. The van der Waals surface area contributed by atoms with Gasteiger partial charge in [0, 0.05) is 47.6 Å². The van der Waals surface area contributed by atoms with Crippen molar-refractivity contribution < 1.29 is 32.6 Å². The van der Waals surface area contributed by atoms with Gasteiger partial charge in [0.05, 0.1) is 29.4 Å². The molecule has 0 atom stereocenters. The minimum absolute atomic E-state index is 0.144. The van der Waals surface area contributed by atoms with E-state index in [0.29, 0.717) is 28.2 Å². The highest BCUT2D eigenvalue weighted by molar-refractivity contribution is 7.98. The number of amides is 1. The number of methoxy groups -OCH3 is 1. The van der Waals surface area contributed by atoms with E-state index in [1.54, 1.807) is 43.4 Å². The molecule has 0 aliphatic carbocycles. The number of hydrogen-bond acceptors (Lipinski definition) is 6. The zero-order chi connectivity index (χ0) is 35.7. The molecule has 1 amide bonds. The Balaban J connectivity index is 1.40. The summed E-state index contributed by atoms with van der Waals surface area (Å²) in [5, 5.41) is 10.7. The number of nitrogens with zero attached hydrogens (tertiary/aromatic N) is 4.